The molecule has 1 saturated carbocycles. The van der Waals surface area contributed by atoms with E-state index in [1.807, 2.05) is 30.3 Å². The number of benzene rings is 2. The predicted octanol–water partition coefficient (Wildman–Crippen LogP) is 3.57. The van der Waals surface area contributed by atoms with Crippen LogP contribution in [-0.2, 0) is 28.2 Å². The molecule has 1 N–H and O–H groups in total. The van der Waals surface area contributed by atoms with E-state index >= 15 is 0 Å². The van der Waals surface area contributed by atoms with Gasteiger partial charge in [0, 0.05) is 6.54 Å². The second kappa shape index (κ2) is 10.5. The third-order valence-corrected chi connectivity index (χ3v) is 6.84. The van der Waals surface area contributed by atoms with Crippen LogP contribution in [0.2, 0.25) is 0 Å². The molecule has 3 aromatic rings. The average Bonchev–Trinajstić information content (AvgIpc) is 3.27. The summed E-state index contributed by atoms with van der Waals surface area (Å²) in [7, 11) is 0. The Balaban J connectivity index is 1.50. The number of hydrogen-bond donors (Lipinski definition) is 1. The molecular formula is C28H27N3O7. The van der Waals surface area contributed by atoms with Gasteiger partial charge in [-0.25, -0.2) is 19.4 Å². The number of esters is 2. The van der Waals surface area contributed by atoms with Crippen molar-refractivity contribution < 1.29 is 28.6 Å². The Morgan fingerprint density at radius 1 is 1.03 bits per heavy atom. The number of fused-ring (bicyclic) bond motifs is 4. The number of amides is 1. The summed E-state index contributed by atoms with van der Waals surface area (Å²) in [5.41, 5.74) is -1.06. The Morgan fingerprint density at radius 2 is 1.74 bits per heavy atom. The highest BCUT2D eigenvalue weighted by Crippen LogP contribution is 2.46. The Bertz CT molecular complexity index is 1420. The van der Waals surface area contributed by atoms with E-state index in [1.165, 1.54) is 16.7 Å². The van der Waals surface area contributed by atoms with Crippen molar-refractivity contribution in [3.05, 3.63) is 93.7 Å². The fraction of sp³-hybridized carbons (Fsp3) is 0.321. The number of ether oxygens (including phenoxy) is 3. The van der Waals surface area contributed by atoms with E-state index in [1.54, 1.807) is 25.1 Å². The lowest BCUT2D eigenvalue weighted by Crippen LogP contribution is -2.51. The minimum atomic E-state index is -1.01. The minimum absolute atomic E-state index is 0.0300. The molecule has 2 unspecified atom stereocenters. The molecule has 1 fully saturated rings. The quantitative estimate of drug-likeness (QED) is 0.472. The van der Waals surface area contributed by atoms with Crippen molar-refractivity contribution in [3.8, 4) is 5.75 Å². The van der Waals surface area contributed by atoms with Gasteiger partial charge in [0.1, 0.15) is 18.0 Å². The van der Waals surface area contributed by atoms with Gasteiger partial charge in [0.25, 0.3) is 5.56 Å². The van der Waals surface area contributed by atoms with Gasteiger partial charge in [-0.3, -0.25) is 9.36 Å². The minimum Gasteiger partial charge on any atom is -0.461 e. The van der Waals surface area contributed by atoms with Gasteiger partial charge in [0.15, 0.2) is 5.69 Å². The van der Waals surface area contributed by atoms with Crippen LogP contribution in [0.4, 0.5) is 4.79 Å². The number of carbonyl (C=O) groups is 3. The Labute approximate surface area is 218 Å². The first-order valence-electron chi connectivity index (χ1n) is 12.5. The van der Waals surface area contributed by atoms with Crippen molar-refractivity contribution in [1.29, 1.82) is 0 Å². The summed E-state index contributed by atoms with van der Waals surface area (Å²) in [5.74, 6) is -1.89. The van der Waals surface area contributed by atoms with Gasteiger partial charge in [-0.1, -0.05) is 48.5 Å². The highest BCUT2D eigenvalue weighted by atomic mass is 16.6. The van der Waals surface area contributed by atoms with Gasteiger partial charge in [0.2, 0.25) is 5.75 Å². The van der Waals surface area contributed by atoms with E-state index in [-0.39, 0.29) is 30.5 Å². The first kappa shape index (κ1) is 25.2. The van der Waals surface area contributed by atoms with Crippen LogP contribution in [0.15, 0.2) is 65.5 Å². The van der Waals surface area contributed by atoms with Gasteiger partial charge in [-0.2, -0.15) is 0 Å². The van der Waals surface area contributed by atoms with E-state index in [4.69, 9.17) is 14.2 Å². The van der Waals surface area contributed by atoms with Gasteiger partial charge in [-0.15, -0.1) is 0 Å². The monoisotopic (exact) mass is 517 g/mol. The normalized spacial score (nSPS) is 19.2. The lowest BCUT2D eigenvalue weighted by molar-refractivity contribution is 0.0509. The van der Waals surface area contributed by atoms with Crippen LogP contribution in [0.25, 0.3) is 0 Å². The highest BCUT2D eigenvalue weighted by Gasteiger charge is 2.50. The molecule has 2 heterocycles. The number of hydrogen-bond acceptors (Lipinski definition) is 8. The van der Waals surface area contributed by atoms with Gasteiger partial charge in [0.05, 0.1) is 12.2 Å². The first-order chi connectivity index (χ1) is 18.4. The van der Waals surface area contributed by atoms with E-state index < -0.39 is 40.6 Å². The molecule has 2 aliphatic rings. The Hall–Kier alpha value is -4.47. The van der Waals surface area contributed by atoms with Crippen LogP contribution < -0.4 is 15.6 Å². The highest BCUT2D eigenvalue weighted by molar-refractivity contribution is 5.95. The SMILES string of the molecule is CCOC(=O)c1nc2n(c(=O)c1OC(=O)c1ccccc1)CC1CCC2(NC(=O)OCc2ccccc2)C1. The van der Waals surface area contributed by atoms with Gasteiger partial charge in [-0.05, 0) is 49.8 Å². The molecule has 1 amide bonds. The lowest BCUT2D eigenvalue weighted by atomic mass is 9.91. The van der Waals surface area contributed by atoms with E-state index in [9.17, 15) is 19.2 Å². The first-order valence-corrected chi connectivity index (χ1v) is 12.5. The van der Waals surface area contributed by atoms with Gasteiger partial charge >= 0.3 is 18.0 Å². The molecule has 196 valence electrons. The second-order valence-electron chi connectivity index (χ2n) is 9.38. The molecule has 38 heavy (non-hydrogen) atoms. The van der Waals surface area contributed by atoms with E-state index in [0.29, 0.717) is 19.4 Å². The fourth-order valence-electron chi connectivity index (χ4n) is 5.12. The smallest absolute Gasteiger partial charge is 0.408 e. The van der Waals surface area contributed by atoms with Crippen LogP contribution in [0.3, 0.4) is 0 Å². The third kappa shape index (κ3) is 4.89. The summed E-state index contributed by atoms with van der Waals surface area (Å²) in [5, 5.41) is 2.92. The van der Waals surface area contributed by atoms with Crippen molar-refractivity contribution in [2.45, 2.75) is 44.9 Å². The third-order valence-electron chi connectivity index (χ3n) is 6.84. The number of rotatable bonds is 7. The van der Waals surface area contributed by atoms with Crippen molar-refractivity contribution in [3.63, 3.8) is 0 Å². The van der Waals surface area contributed by atoms with Crippen molar-refractivity contribution in [2.75, 3.05) is 6.61 Å². The zero-order valence-electron chi connectivity index (χ0n) is 20.8. The van der Waals surface area contributed by atoms with Crippen LogP contribution in [0, 0.1) is 5.92 Å². The lowest BCUT2D eigenvalue weighted by Gasteiger charge is -2.35. The molecule has 2 atom stereocenters. The molecule has 10 heteroatoms. The van der Waals surface area contributed by atoms with Gasteiger partial charge < -0.3 is 19.5 Å². The molecule has 1 aliphatic heterocycles. The maximum absolute atomic E-state index is 13.7. The van der Waals surface area contributed by atoms with Crippen molar-refractivity contribution >= 4 is 18.0 Å². The molecule has 5 rings (SSSR count). The number of aromatic nitrogens is 2. The molecule has 0 spiro atoms. The zero-order chi connectivity index (χ0) is 26.7. The summed E-state index contributed by atoms with van der Waals surface area (Å²) in [4.78, 5) is 56.7. The maximum atomic E-state index is 13.7. The molecule has 0 radical (unpaired) electrons. The zero-order valence-corrected chi connectivity index (χ0v) is 20.8. The number of nitrogens with one attached hydrogen (secondary N) is 1. The second-order valence-corrected chi connectivity index (χ2v) is 9.38. The molecule has 1 aromatic heterocycles. The molecule has 2 bridgehead atoms. The number of nitrogens with zero attached hydrogens (tertiary/aromatic N) is 2. The Kier molecular flexibility index (Phi) is 6.95. The predicted molar refractivity (Wildman–Crippen MR) is 135 cm³/mol. The molecule has 0 saturated heterocycles. The molecule has 10 nitrogen and oxygen atoms in total. The van der Waals surface area contributed by atoms with Crippen molar-refractivity contribution in [1.82, 2.24) is 14.9 Å². The number of carbonyl (C=O) groups excluding carboxylic acids is 3. The summed E-state index contributed by atoms with van der Waals surface area (Å²) in [6.07, 6.45) is 1.12. The van der Waals surface area contributed by atoms with Crippen LogP contribution >= 0.6 is 0 Å². The maximum Gasteiger partial charge on any atom is 0.408 e. The van der Waals surface area contributed by atoms with Crippen LogP contribution in [0.1, 0.15) is 58.4 Å². The molecule has 2 aromatic carbocycles. The fourth-order valence-corrected chi connectivity index (χ4v) is 5.12. The van der Waals surface area contributed by atoms with Crippen LogP contribution in [-0.4, -0.2) is 34.2 Å². The van der Waals surface area contributed by atoms with Crippen LogP contribution in [0.5, 0.6) is 5.75 Å². The Morgan fingerprint density at radius 3 is 2.45 bits per heavy atom. The molecule has 1 aliphatic carbocycles. The van der Waals surface area contributed by atoms with E-state index in [0.717, 1.165) is 12.0 Å². The summed E-state index contributed by atoms with van der Waals surface area (Å²) >= 11 is 0. The molecular weight excluding hydrogens is 490 g/mol. The average molecular weight is 518 g/mol. The summed E-state index contributed by atoms with van der Waals surface area (Å²) in [6.45, 7) is 2.05. The summed E-state index contributed by atoms with van der Waals surface area (Å²) in [6, 6.07) is 17.4. The summed E-state index contributed by atoms with van der Waals surface area (Å²) < 4.78 is 17.4. The van der Waals surface area contributed by atoms with E-state index in [2.05, 4.69) is 10.3 Å². The number of alkyl carbamates (subject to hydrolysis) is 1. The largest absolute Gasteiger partial charge is 0.461 e. The van der Waals surface area contributed by atoms with Crippen molar-refractivity contribution in [2.24, 2.45) is 5.92 Å². The standard InChI is InChI=1S/C28H27N3O7/c1-2-36-25(34)21-22(38-24(33)20-11-7-4-8-12-20)23(32)31-16-19-13-14-28(15-19,26(31)29-21)30-27(35)37-17-18-9-5-3-6-10-18/h3-12,19H,2,13-17H2,1H3,(H,30,35). The topological polar surface area (TPSA) is 126 Å².